The van der Waals surface area contributed by atoms with E-state index in [4.69, 9.17) is 4.74 Å². The average Bonchev–Trinajstić information content (AvgIpc) is 2.69. The maximum atomic E-state index is 13.5. The van der Waals surface area contributed by atoms with Crippen LogP contribution in [0.1, 0.15) is 21.7 Å². The first-order valence-corrected chi connectivity index (χ1v) is 5.69. The molecule has 2 aromatic rings. The van der Waals surface area contributed by atoms with Crippen molar-refractivity contribution in [3.63, 3.8) is 0 Å². The van der Waals surface area contributed by atoms with Crippen LogP contribution in [-0.2, 0) is 0 Å². The summed E-state index contributed by atoms with van der Waals surface area (Å²) in [5.41, 5.74) is 2.10. The van der Waals surface area contributed by atoms with Crippen LogP contribution in [0.5, 0.6) is 5.75 Å². The molecule has 100 valence electrons. The molecule has 0 spiro atoms. The Morgan fingerprint density at radius 1 is 1.42 bits per heavy atom. The van der Waals surface area contributed by atoms with Gasteiger partial charge in [0.1, 0.15) is 0 Å². The molecule has 0 bridgehead atoms. The van der Waals surface area contributed by atoms with Crippen LogP contribution in [0.15, 0.2) is 18.2 Å². The Kier molecular flexibility index (Phi) is 3.50. The Bertz CT molecular complexity index is 603. The number of methoxy groups -OCH3 is 1. The molecule has 1 heterocycles. The molecule has 0 aliphatic carbocycles. The van der Waals surface area contributed by atoms with Crippen molar-refractivity contribution in [3.05, 3.63) is 41.0 Å². The molecule has 2 rings (SSSR count). The second-order valence-corrected chi connectivity index (χ2v) is 4.11. The minimum Gasteiger partial charge on any atom is -0.494 e. The number of benzene rings is 1. The van der Waals surface area contributed by atoms with Gasteiger partial charge in [0.15, 0.2) is 11.6 Å². The molecule has 6 heteroatoms. The number of amides is 1. The average molecular weight is 263 g/mol. The smallest absolute Gasteiger partial charge is 0.259 e. The van der Waals surface area contributed by atoms with Gasteiger partial charge in [0.2, 0.25) is 0 Å². The quantitative estimate of drug-likeness (QED) is 0.893. The van der Waals surface area contributed by atoms with Crippen molar-refractivity contribution in [3.8, 4) is 5.75 Å². The summed E-state index contributed by atoms with van der Waals surface area (Å²) in [5, 5.41) is 9.30. The highest BCUT2D eigenvalue weighted by atomic mass is 19.1. The number of aryl methyl sites for hydroxylation is 2. The maximum absolute atomic E-state index is 13.5. The number of carbonyl (C=O) groups excluding carboxylic acids is 1. The summed E-state index contributed by atoms with van der Waals surface area (Å²) in [6.45, 7) is 3.48. The third-order valence-electron chi connectivity index (χ3n) is 2.76. The van der Waals surface area contributed by atoms with Gasteiger partial charge in [-0.25, -0.2) is 4.39 Å². The van der Waals surface area contributed by atoms with Crippen LogP contribution in [0, 0.1) is 19.7 Å². The number of carbonyl (C=O) groups is 1. The number of ether oxygens (including phenoxy) is 1. The van der Waals surface area contributed by atoms with Crippen molar-refractivity contribution in [2.24, 2.45) is 0 Å². The molecule has 0 saturated carbocycles. The zero-order valence-corrected chi connectivity index (χ0v) is 10.9. The van der Waals surface area contributed by atoms with Gasteiger partial charge in [-0.3, -0.25) is 9.89 Å². The van der Waals surface area contributed by atoms with Gasteiger partial charge in [-0.1, -0.05) is 0 Å². The predicted octanol–water partition coefficient (Wildman–Crippen LogP) is 2.43. The standard InChI is InChI=1S/C13H14FN3O2/c1-7-12(8(2)17-16-7)13(18)15-9-4-5-11(19-3)10(14)6-9/h4-6H,1-3H3,(H,15,18)(H,16,17). The van der Waals surface area contributed by atoms with Crippen molar-refractivity contribution in [1.29, 1.82) is 0 Å². The van der Waals surface area contributed by atoms with Gasteiger partial charge in [0, 0.05) is 17.4 Å². The molecule has 1 aromatic heterocycles. The summed E-state index contributed by atoms with van der Waals surface area (Å²) in [7, 11) is 1.38. The fourth-order valence-corrected chi connectivity index (χ4v) is 1.82. The molecule has 0 aliphatic rings. The lowest BCUT2D eigenvalue weighted by atomic mass is 10.2. The Balaban J connectivity index is 2.22. The summed E-state index contributed by atoms with van der Waals surface area (Å²) in [5.74, 6) is -0.720. The molecule has 0 fully saturated rings. The van der Waals surface area contributed by atoms with E-state index in [-0.39, 0.29) is 11.7 Å². The van der Waals surface area contributed by atoms with Crippen LogP contribution in [0.4, 0.5) is 10.1 Å². The van der Waals surface area contributed by atoms with Crippen molar-refractivity contribution in [2.45, 2.75) is 13.8 Å². The van der Waals surface area contributed by atoms with E-state index >= 15 is 0 Å². The largest absolute Gasteiger partial charge is 0.494 e. The van der Waals surface area contributed by atoms with Gasteiger partial charge in [0.25, 0.3) is 5.91 Å². The fraction of sp³-hybridized carbons (Fsp3) is 0.231. The zero-order valence-electron chi connectivity index (χ0n) is 10.9. The Labute approximate surface area is 109 Å². The van der Waals surface area contributed by atoms with Crippen LogP contribution >= 0.6 is 0 Å². The molecule has 1 amide bonds. The number of nitrogens with one attached hydrogen (secondary N) is 2. The lowest BCUT2D eigenvalue weighted by Gasteiger charge is -2.07. The maximum Gasteiger partial charge on any atom is 0.259 e. The zero-order chi connectivity index (χ0) is 14.0. The van der Waals surface area contributed by atoms with E-state index in [9.17, 15) is 9.18 Å². The highest BCUT2D eigenvalue weighted by Gasteiger charge is 2.15. The highest BCUT2D eigenvalue weighted by Crippen LogP contribution is 2.21. The van der Waals surface area contributed by atoms with Crippen molar-refractivity contribution in [1.82, 2.24) is 10.2 Å². The molecule has 0 aliphatic heterocycles. The lowest BCUT2D eigenvalue weighted by molar-refractivity contribution is 0.102. The van der Waals surface area contributed by atoms with E-state index in [1.807, 2.05) is 0 Å². The third-order valence-corrected chi connectivity index (χ3v) is 2.76. The first-order valence-electron chi connectivity index (χ1n) is 5.69. The van der Waals surface area contributed by atoms with Crippen LogP contribution in [-0.4, -0.2) is 23.2 Å². The second kappa shape index (κ2) is 5.09. The fourth-order valence-electron chi connectivity index (χ4n) is 1.82. The molecule has 19 heavy (non-hydrogen) atoms. The number of hydrogen-bond acceptors (Lipinski definition) is 3. The minimum absolute atomic E-state index is 0.133. The molecular formula is C13H14FN3O2. The number of aromatic nitrogens is 2. The normalized spacial score (nSPS) is 10.3. The van der Waals surface area contributed by atoms with E-state index in [1.54, 1.807) is 19.9 Å². The summed E-state index contributed by atoms with van der Waals surface area (Å²) >= 11 is 0. The van der Waals surface area contributed by atoms with E-state index < -0.39 is 5.82 Å². The molecule has 0 radical (unpaired) electrons. The number of nitrogens with zero attached hydrogens (tertiary/aromatic N) is 1. The first-order chi connectivity index (χ1) is 9.02. The molecule has 0 saturated heterocycles. The van der Waals surface area contributed by atoms with Crippen molar-refractivity contribution >= 4 is 11.6 Å². The molecule has 0 unspecified atom stereocenters. The monoisotopic (exact) mass is 263 g/mol. The van der Waals surface area contributed by atoms with Gasteiger partial charge in [-0.15, -0.1) is 0 Å². The van der Waals surface area contributed by atoms with Gasteiger partial charge >= 0.3 is 0 Å². The lowest BCUT2D eigenvalue weighted by Crippen LogP contribution is -2.13. The molecule has 5 nitrogen and oxygen atoms in total. The van der Waals surface area contributed by atoms with Crippen molar-refractivity contribution in [2.75, 3.05) is 12.4 Å². The van der Waals surface area contributed by atoms with E-state index in [1.165, 1.54) is 19.2 Å². The van der Waals surface area contributed by atoms with Crippen LogP contribution in [0.2, 0.25) is 0 Å². The van der Waals surface area contributed by atoms with Crippen LogP contribution in [0.25, 0.3) is 0 Å². The van der Waals surface area contributed by atoms with Gasteiger partial charge in [-0.2, -0.15) is 5.10 Å². The number of halogens is 1. The van der Waals surface area contributed by atoms with E-state index in [0.29, 0.717) is 22.6 Å². The Hall–Kier alpha value is -2.37. The molecule has 0 atom stereocenters. The number of H-pyrrole nitrogens is 1. The van der Waals surface area contributed by atoms with Crippen LogP contribution < -0.4 is 10.1 Å². The number of rotatable bonds is 3. The summed E-state index contributed by atoms with van der Waals surface area (Å²) in [4.78, 5) is 12.1. The first kappa shape index (κ1) is 13.1. The van der Waals surface area contributed by atoms with E-state index in [2.05, 4.69) is 15.5 Å². The molecule has 1 aromatic carbocycles. The van der Waals surface area contributed by atoms with Gasteiger partial charge in [0.05, 0.1) is 18.4 Å². The van der Waals surface area contributed by atoms with Crippen molar-refractivity contribution < 1.29 is 13.9 Å². The number of anilines is 1. The van der Waals surface area contributed by atoms with Gasteiger partial charge in [-0.05, 0) is 26.0 Å². The summed E-state index contributed by atoms with van der Waals surface area (Å²) in [6.07, 6.45) is 0. The SMILES string of the molecule is COc1ccc(NC(=O)c2c(C)n[nH]c2C)cc1F. The highest BCUT2D eigenvalue weighted by molar-refractivity contribution is 6.05. The Morgan fingerprint density at radius 3 is 2.68 bits per heavy atom. The predicted molar refractivity (Wildman–Crippen MR) is 69.0 cm³/mol. The number of aromatic amines is 1. The summed E-state index contributed by atoms with van der Waals surface area (Å²) < 4.78 is 18.3. The molecule has 2 N–H and O–H groups in total. The topological polar surface area (TPSA) is 67.0 Å². The van der Waals surface area contributed by atoms with Gasteiger partial charge < -0.3 is 10.1 Å². The second-order valence-electron chi connectivity index (χ2n) is 4.11. The van der Waals surface area contributed by atoms with E-state index in [0.717, 1.165) is 0 Å². The third kappa shape index (κ3) is 2.57. The Morgan fingerprint density at radius 2 is 2.16 bits per heavy atom. The van der Waals surface area contributed by atoms with Crippen LogP contribution in [0.3, 0.4) is 0 Å². The molecular weight excluding hydrogens is 249 g/mol. The summed E-state index contributed by atoms with van der Waals surface area (Å²) in [6, 6.07) is 4.24. The minimum atomic E-state index is -0.527. The number of hydrogen-bond donors (Lipinski definition) is 2.